The van der Waals surface area contributed by atoms with Crippen LogP contribution in [0.5, 0.6) is 0 Å². The van der Waals surface area contributed by atoms with E-state index in [0.29, 0.717) is 27.3 Å². The lowest BCUT2D eigenvalue weighted by Crippen LogP contribution is -2.10. The molecule has 1 atom stereocenters. The zero-order valence-electron chi connectivity index (χ0n) is 8.44. The van der Waals surface area contributed by atoms with E-state index in [-0.39, 0.29) is 5.15 Å². The third-order valence-electron chi connectivity index (χ3n) is 2.71. The standard InChI is InChI=1S/C10H11Cl3N2/c1-10(2)4-7(10)14-9-6(12)3-5(11)8(13)15-9/h3,7H,4H2,1-2H3,(H,14,15). The maximum Gasteiger partial charge on any atom is 0.150 e. The van der Waals surface area contributed by atoms with Gasteiger partial charge in [-0.3, -0.25) is 0 Å². The molecule has 1 aliphatic carbocycles. The van der Waals surface area contributed by atoms with Crippen LogP contribution in [-0.4, -0.2) is 11.0 Å². The van der Waals surface area contributed by atoms with Crippen molar-refractivity contribution in [1.29, 1.82) is 0 Å². The molecule has 0 spiro atoms. The van der Waals surface area contributed by atoms with Gasteiger partial charge in [-0.25, -0.2) is 4.98 Å². The first kappa shape index (κ1) is 11.3. The molecular weight excluding hydrogens is 254 g/mol. The van der Waals surface area contributed by atoms with Gasteiger partial charge in [0.15, 0.2) is 0 Å². The zero-order valence-corrected chi connectivity index (χ0v) is 10.7. The molecule has 0 radical (unpaired) electrons. The van der Waals surface area contributed by atoms with Crippen LogP contribution in [0.4, 0.5) is 5.82 Å². The highest BCUT2D eigenvalue weighted by molar-refractivity contribution is 6.42. The summed E-state index contributed by atoms with van der Waals surface area (Å²) >= 11 is 17.6. The van der Waals surface area contributed by atoms with Crippen LogP contribution in [0.1, 0.15) is 20.3 Å². The first-order chi connectivity index (χ1) is 6.90. The smallest absolute Gasteiger partial charge is 0.150 e. The lowest BCUT2D eigenvalue weighted by molar-refractivity contribution is 0.630. The molecule has 0 aliphatic heterocycles. The van der Waals surface area contributed by atoms with Crippen molar-refractivity contribution in [2.24, 2.45) is 5.41 Å². The van der Waals surface area contributed by atoms with Crippen molar-refractivity contribution < 1.29 is 0 Å². The summed E-state index contributed by atoms with van der Waals surface area (Å²) in [4.78, 5) is 4.11. The number of nitrogens with zero attached hydrogens (tertiary/aromatic N) is 1. The molecule has 1 aliphatic rings. The van der Waals surface area contributed by atoms with Crippen molar-refractivity contribution >= 4 is 40.6 Å². The Morgan fingerprint density at radius 2 is 1.93 bits per heavy atom. The highest BCUT2D eigenvalue weighted by Gasteiger charge is 2.46. The summed E-state index contributed by atoms with van der Waals surface area (Å²) < 4.78 is 0. The van der Waals surface area contributed by atoms with E-state index >= 15 is 0 Å². The van der Waals surface area contributed by atoms with Crippen molar-refractivity contribution in [3.63, 3.8) is 0 Å². The number of rotatable bonds is 2. The second-order valence-electron chi connectivity index (χ2n) is 4.48. The van der Waals surface area contributed by atoms with Crippen LogP contribution in [0.3, 0.4) is 0 Å². The number of halogens is 3. The Morgan fingerprint density at radius 3 is 2.47 bits per heavy atom. The maximum atomic E-state index is 6.00. The molecule has 2 nitrogen and oxygen atoms in total. The molecule has 82 valence electrons. The van der Waals surface area contributed by atoms with Crippen molar-refractivity contribution in [2.45, 2.75) is 26.3 Å². The fourth-order valence-corrected chi connectivity index (χ4v) is 1.98. The van der Waals surface area contributed by atoms with Gasteiger partial charge in [-0.2, -0.15) is 0 Å². The molecule has 1 unspecified atom stereocenters. The van der Waals surface area contributed by atoms with E-state index < -0.39 is 0 Å². The molecule has 0 saturated heterocycles. The fraction of sp³-hybridized carbons (Fsp3) is 0.500. The lowest BCUT2D eigenvalue weighted by Gasteiger charge is -2.09. The van der Waals surface area contributed by atoms with Gasteiger partial charge in [0.05, 0.1) is 10.0 Å². The van der Waals surface area contributed by atoms with Gasteiger partial charge in [-0.15, -0.1) is 0 Å². The van der Waals surface area contributed by atoms with Crippen LogP contribution in [0.15, 0.2) is 6.07 Å². The normalized spacial score (nSPS) is 22.6. The minimum absolute atomic E-state index is 0.280. The van der Waals surface area contributed by atoms with Crippen LogP contribution in [0.2, 0.25) is 15.2 Å². The number of nitrogens with one attached hydrogen (secondary N) is 1. The summed E-state index contributed by atoms with van der Waals surface area (Å²) in [6.07, 6.45) is 1.12. The SMILES string of the molecule is CC1(C)CC1Nc1nc(Cl)c(Cl)cc1Cl. The summed E-state index contributed by atoms with van der Waals surface area (Å²) in [5, 5.41) is 4.42. The van der Waals surface area contributed by atoms with Crippen LogP contribution < -0.4 is 5.32 Å². The minimum atomic E-state index is 0.280. The van der Waals surface area contributed by atoms with E-state index in [4.69, 9.17) is 34.8 Å². The van der Waals surface area contributed by atoms with Gasteiger partial charge in [-0.1, -0.05) is 48.7 Å². The van der Waals surface area contributed by atoms with E-state index in [1.54, 1.807) is 6.07 Å². The summed E-state index contributed by atoms with van der Waals surface area (Å²) in [5.74, 6) is 0.613. The van der Waals surface area contributed by atoms with Gasteiger partial charge in [-0.05, 0) is 17.9 Å². The Bertz CT molecular complexity index is 404. The van der Waals surface area contributed by atoms with E-state index in [2.05, 4.69) is 24.1 Å². The summed E-state index contributed by atoms with van der Waals surface area (Å²) in [6.45, 7) is 4.38. The van der Waals surface area contributed by atoms with Gasteiger partial charge in [0.25, 0.3) is 0 Å². The largest absolute Gasteiger partial charge is 0.365 e. The fourth-order valence-electron chi connectivity index (χ4n) is 1.42. The molecule has 1 heterocycles. The first-order valence-corrected chi connectivity index (χ1v) is 5.81. The van der Waals surface area contributed by atoms with E-state index in [0.717, 1.165) is 6.42 Å². The van der Waals surface area contributed by atoms with E-state index in [1.807, 2.05) is 0 Å². The average Bonchev–Trinajstić information content (AvgIpc) is 2.70. The monoisotopic (exact) mass is 264 g/mol. The summed E-state index contributed by atoms with van der Waals surface area (Å²) in [7, 11) is 0. The average molecular weight is 266 g/mol. The van der Waals surface area contributed by atoms with Gasteiger partial charge in [0.2, 0.25) is 0 Å². The van der Waals surface area contributed by atoms with Gasteiger partial charge in [0, 0.05) is 6.04 Å². The van der Waals surface area contributed by atoms with Gasteiger partial charge >= 0.3 is 0 Å². The second kappa shape index (κ2) is 3.69. The van der Waals surface area contributed by atoms with E-state index in [9.17, 15) is 0 Å². The predicted molar refractivity (Wildman–Crippen MR) is 65.1 cm³/mol. The quantitative estimate of drug-likeness (QED) is 0.809. The van der Waals surface area contributed by atoms with Crippen molar-refractivity contribution in [2.75, 3.05) is 5.32 Å². The zero-order chi connectivity index (χ0) is 11.2. The Hall–Kier alpha value is -0.180. The summed E-state index contributed by atoms with van der Waals surface area (Å²) in [5.41, 5.74) is 0.317. The van der Waals surface area contributed by atoms with Crippen molar-refractivity contribution in [3.8, 4) is 0 Å². The maximum absolute atomic E-state index is 6.00. The Kier molecular flexibility index (Phi) is 2.78. The number of hydrogen-bond donors (Lipinski definition) is 1. The topological polar surface area (TPSA) is 24.9 Å². The van der Waals surface area contributed by atoms with Crippen LogP contribution >= 0.6 is 34.8 Å². The molecule has 0 bridgehead atoms. The molecule has 5 heteroatoms. The second-order valence-corrected chi connectivity index (χ2v) is 5.65. The van der Waals surface area contributed by atoms with Crippen molar-refractivity contribution in [1.82, 2.24) is 4.98 Å². The van der Waals surface area contributed by atoms with Crippen LogP contribution in [-0.2, 0) is 0 Å². The predicted octanol–water partition coefficient (Wildman–Crippen LogP) is 4.25. The Labute approximate surface area is 104 Å². The number of pyridine rings is 1. The first-order valence-electron chi connectivity index (χ1n) is 4.68. The molecule has 1 aromatic heterocycles. The van der Waals surface area contributed by atoms with Gasteiger partial charge in [0.1, 0.15) is 11.0 Å². The molecule has 0 aromatic carbocycles. The lowest BCUT2D eigenvalue weighted by atomic mass is 10.2. The highest BCUT2D eigenvalue weighted by atomic mass is 35.5. The molecule has 0 amide bonds. The number of hydrogen-bond acceptors (Lipinski definition) is 2. The third kappa shape index (κ3) is 2.32. The molecule has 1 saturated carbocycles. The van der Waals surface area contributed by atoms with Gasteiger partial charge < -0.3 is 5.32 Å². The molecule has 2 rings (SSSR count). The van der Waals surface area contributed by atoms with Crippen LogP contribution in [0, 0.1) is 5.41 Å². The van der Waals surface area contributed by atoms with Crippen molar-refractivity contribution in [3.05, 3.63) is 21.3 Å². The molecular formula is C10H11Cl3N2. The van der Waals surface area contributed by atoms with Crippen LogP contribution in [0.25, 0.3) is 0 Å². The highest BCUT2D eigenvalue weighted by Crippen LogP contribution is 2.47. The number of anilines is 1. The molecule has 15 heavy (non-hydrogen) atoms. The van der Waals surface area contributed by atoms with E-state index in [1.165, 1.54) is 0 Å². The molecule has 1 N–H and O–H groups in total. The number of aromatic nitrogens is 1. The summed E-state index contributed by atoms with van der Waals surface area (Å²) in [6, 6.07) is 2.02. The molecule has 1 fully saturated rings. The third-order valence-corrected chi connectivity index (χ3v) is 3.67. The Morgan fingerprint density at radius 1 is 1.33 bits per heavy atom. The molecule has 1 aromatic rings. The Balaban J connectivity index is 2.19. The minimum Gasteiger partial charge on any atom is -0.365 e.